The summed E-state index contributed by atoms with van der Waals surface area (Å²) in [7, 11) is 3.84. The van der Waals surface area contributed by atoms with E-state index in [2.05, 4.69) is 22.2 Å². The summed E-state index contributed by atoms with van der Waals surface area (Å²) < 4.78 is 0. The first kappa shape index (κ1) is 8.77. The van der Waals surface area contributed by atoms with Crippen LogP contribution in [-0.2, 0) is 0 Å². The zero-order valence-corrected chi connectivity index (χ0v) is 7.70. The monoisotopic (exact) mass is 166 g/mol. The normalized spacial score (nSPS) is 9.58. The minimum Gasteiger partial charge on any atom is -0.370 e. The summed E-state index contributed by atoms with van der Waals surface area (Å²) in [5.74, 6) is 1.71. The molecule has 0 aliphatic carbocycles. The van der Waals surface area contributed by atoms with Gasteiger partial charge in [-0.2, -0.15) is 0 Å². The third-order valence-electron chi connectivity index (χ3n) is 1.75. The fourth-order valence-electron chi connectivity index (χ4n) is 0.936. The Hall–Kier alpha value is -1.32. The van der Waals surface area contributed by atoms with Gasteiger partial charge in [-0.05, 0) is 6.92 Å². The second kappa shape index (κ2) is 3.90. The third-order valence-corrected chi connectivity index (χ3v) is 1.75. The van der Waals surface area contributed by atoms with E-state index in [0.29, 0.717) is 0 Å². The van der Waals surface area contributed by atoms with Crippen LogP contribution in [0.15, 0.2) is 12.4 Å². The van der Waals surface area contributed by atoms with Crippen molar-refractivity contribution < 1.29 is 0 Å². The molecule has 1 N–H and O–H groups in total. The van der Waals surface area contributed by atoms with Crippen molar-refractivity contribution in [3.8, 4) is 0 Å². The smallest absolute Gasteiger partial charge is 0.171 e. The second-order valence-corrected chi connectivity index (χ2v) is 2.49. The Kier molecular flexibility index (Phi) is 2.85. The second-order valence-electron chi connectivity index (χ2n) is 2.49. The molecule has 1 aromatic heterocycles. The Bertz CT molecular complexity index is 249. The van der Waals surface area contributed by atoms with Gasteiger partial charge < -0.3 is 10.2 Å². The predicted molar refractivity (Wildman–Crippen MR) is 50.5 cm³/mol. The molecule has 0 amide bonds. The molecule has 0 aromatic carbocycles. The van der Waals surface area contributed by atoms with Crippen molar-refractivity contribution in [3.63, 3.8) is 0 Å². The van der Waals surface area contributed by atoms with Crippen molar-refractivity contribution in [2.45, 2.75) is 6.92 Å². The van der Waals surface area contributed by atoms with Crippen LogP contribution >= 0.6 is 0 Å². The third kappa shape index (κ3) is 1.64. The van der Waals surface area contributed by atoms with E-state index in [1.54, 1.807) is 12.4 Å². The fourth-order valence-corrected chi connectivity index (χ4v) is 0.936. The number of hydrogen-bond donors (Lipinski definition) is 1. The lowest BCUT2D eigenvalue weighted by Gasteiger charge is -2.17. The number of aromatic nitrogens is 2. The summed E-state index contributed by atoms with van der Waals surface area (Å²) >= 11 is 0. The van der Waals surface area contributed by atoms with E-state index < -0.39 is 0 Å². The van der Waals surface area contributed by atoms with Crippen LogP contribution < -0.4 is 10.2 Å². The van der Waals surface area contributed by atoms with Gasteiger partial charge in [-0.15, -0.1) is 0 Å². The average Bonchev–Trinajstić information content (AvgIpc) is 2.16. The minimum atomic E-state index is 0.821. The Morgan fingerprint density at radius 1 is 1.42 bits per heavy atom. The van der Waals surface area contributed by atoms with Crippen LogP contribution in [0.4, 0.5) is 11.6 Å². The standard InChI is InChI=1S/C8H14N4/c1-4-12(3)8-7(9-2)10-5-6-11-8/h5-6H,4H2,1-3H3,(H,9,10). The molecule has 0 atom stereocenters. The van der Waals surface area contributed by atoms with Gasteiger partial charge in [-0.25, -0.2) is 9.97 Å². The molecule has 12 heavy (non-hydrogen) atoms. The Morgan fingerprint density at radius 2 is 2.08 bits per heavy atom. The Labute approximate surface area is 72.6 Å². The van der Waals surface area contributed by atoms with Crippen molar-refractivity contribution in [2.24, 2.45) is 0 Å². The van der Waals surface area contributed by atoms with E-state index in [0.717, 1.165) is 18.2 Å². The fraction of sp³-hybridized carbons (Fsp3) is 0.500. The van der Waals surface area contributed by atoms with Crippen LogP contribution in [0.5, 0.6) is 0 Å². The maximum atomic E-state index is 4.22. The quantitative estimate of drug-likeness (QED) is 0.726. The molecule has 1 aromatic rings. The van der Waals surface area contributed by atoms with Crippen LogP contribution in [0.1, 0.15) is 6.92 Å². The molecule has 0 bridgehead atoms. The SMILES string of the molecule is CCN(C)c1nccnc1NC. The molecular weight excluding hydrogens is 152 g/mol. The van der Waals surface area contributed by atoms with Gasteiger partial charge in [0.05, 0.1) is 0 Å². The zero-order valence-electron chi connectivity index (χ0n) is 7.70. The average molecular weight is 166 g/mol. The number of anilines is 2. The summed E-state index contributed by atoms with van der Waals surface area (Å²) in [6.45, 7) is 3.00. The zero-order chi connectivity index (χ0) is 8.97. The van der Waals surface area contributed by atoms with Crippen molar-refractivity contribution in [1.82, 2.24) is 9.97 Å². The van der Waals surface area contributed by atoms with Crippen LogP contribution in [0.3, 0.4) is 0 Å². The lowest BCUT2D eigenvalue weighted by atomic mass is 10.5. The molecule has 0 radical (unpaired) electrons. The molecule has 0 fully saturated rings. The number of rotatable bonds is 3. The van der Waals surface area contributed by atoms with Crippen molar-refractivity contribution >= 4 is 11.6 Å². The molecule has 0 spiro atoms. The van der Waals surface area contributed by atoms with Crippen LogP contribution in [0.2, 0.25) is 0 Å². The summed E-state index contributed by atoms with van der Waals surface area (Å²) in [4.78, 5) is 10.4. The minimum absolute atomic E-state index is 0.821. The van der Waals surface area contributed by atoms with Gasteiger partial charge in [-0.3, -0.25) is 0 Å². The molecule has 0 unspecified atom stereocenters. The molecule has 0 aliphatic rings. The van der Waals surface area contributed by atoms with Crippen molar-refractivity contribution in [2.75, 3.05) is 30.9 Å². The van der Waals surface area contributed by atoms with E-state index in [-0.39, 0.29) is 0 Å². The molecule has 1 heterocycles. The summed E-state index contributed by atoms with van der Waals surface area (Å²) in [5.41, 5.74) is 0. The van der Waals surface area contributed by atoms with E-state index in [9.17, 15) is 0 Å². The molecule has 1 rings (SSSR count). The molecule has 0 saturated heterocycles. The maximum absolute atomic E-state index is 4.22. The first-order valence-electron chi connectivity index (χ1n) is 3.99. The first-order chi connectivity index (χ1) is 5.79. The van der Waals surface area contributed by atoms with Gasteiger partial charge in [0, 0.05) is 33.0 Å². The lowest BCUT2D eigenvalue weighted by molar-refractivity contribution is 0.929. The summed E-state index contributed by atoms with van der Waals surface area (Å²) in [6.07, 6.45) is 3.38. The predicted octanol–water partition coefficient (Wildman–Crippen LogP) is 0.974. The van der Waals surface area contributed by atoms with E-state index in [1.165, 1.54) is 0 Å². The summed E-state index contributed by atoms with van der Waals surface area (Å²) in [6, 6.07) is 0. The van der Waals surface area contributed by atoms with E-state index in [4.69, 9.17) is 0 Å². The van der Waals surface area contributed by atoms with Gasteiger partial charge in [-0.1, -0.05) is 0 Å². The maximum Gasteiger partial charge on any atom is 0.171 e. The van der Waals surface area contributed by atoms with Crippen molar-refractivity contribution in [1.29, 1.82) is 0 Å². The molecule has 0 saturated carbocycles. The topological polar surface area (TPSA) is 41.1 Å². The number of hydrogen-bond acceptors (Lipinski definition) is 4. The Balaban J connectivity index is 2.96. The number of nitrogens with zero attached hydrogens (tertiary/aromatic N) is 3. The first-order valence-corrected chi connectivity index (χ1v) is 3.99. The summed E-state index contributed by atoms with van der Waals surface area (Å²) in [5, 5.41) is 3.00. The molecule has 4 nitrogen and oxygen atoms in total. The van der Waals surface area contributed by atoms with Gasteiger partial charge >= 0.3 is 0 Å². The highest BCUT2D eigenvalue weighted by Gasteiger charge is 2.05. The van der Waals surface area contributed by atoms with Crippen molar-refractivity contribution in [3.05, 3.63) is 12.4 Å². The molecule has 66 valence electrons. The van der Waals surface area contributed by atoms with Gasteiger partial charge in [0.1, 0.15) is 0 Å². The van der Waals surface area contributed by atoms with Crippen LogP contribution in [0.25, 0.3) is 0 Å². The molecule has 0 aliphatic heterocycles. The van der Waals surface area contributed by atoms with Gasteiger partial charge in [0.25, 0.3) is 0 Å². The van der Waals surface area contributed by atoms with Crippen LogP contribution in [-0.4, -0.2) is 30.6 Å². The largest absolute Gasteiger partial charge is 0.370 e. The van der Waals surface area contributed by atoms with Gasteiger partial charge in [0.2, 0.25) is 0 Å². The van der Waals surface area contributed by atoms with E-state index in [1.807, 2.05) is 19.0 Å². The van der Waals surface area contributed by atoms with E-state index >= 15 is 0 Å². The Morgan fingerprint density at radius 3 is 2.67 bits per heavy atom. The highest BCUT2D eigenvalue weighted by molar-refractivity contribution is 5.59. The molecular formula is C8H14N4. The van der Waals surface area contributed by atoms with Gasteiger partial charge in [0.15, 0.2) is 11.6 Å². The highest BCUT2D eigenvalue weighted by Crippen LogP contribution is 2.16. The van der Waals surface area contributed by atoms with Crippen LogP contribution in [0, 0.1) is 0 Å². The highest BCUT2D eigenvalue weighted by atomic mass is 15.2. The lowest BCUT2D eigenvalue weighted by Crippen LogP contribution is -2.19. The number of nitrogens with one attached hydrogen (secondary N) is 1. The molecule has 4 heteroatoms.